The molecule has 1 fully saturated rings. The third-order valence-electron chi connectivity index (χ3n) is 4.52. The number of nitrogens with two attached hydrogens (primary N) is 1. The monoisotopic (exact) mass is 420 g/mol. The van der Waals surface area contributed by atoms with Crippen LogP contribution in [0.4, 0.5) is 14.9 Å². The molecule has 1 amide bonds. The first-order valence-corrected chi connectivity index (χ1v) is 9.18. The third-order valence-corrected chi connectivity index (χ3v) is 4.52. The maximum absolute atomic E-state index is 14.8. The Hall–Kier alpha value is -4.46. The highest BCUT2D eigenvalue weighted by atomic mass is 19.1. The number of hydrogen-bond acceptors (Lipinski definition) is 6. The number of halogens is 1. The number of nitrogens with one attached hydrogen (secondary N) is 1. The summed E-state index contributed by atoms with van der Waals surface area (Å²) in [6.07, 6.45) is 8.57. The molecule has 3 aromatic rings. The predicted octanol–water partition coefficient (Wildman–Crippen LogP) is 1.29. The Morgan fingerprint density at radius 2 is 2.16 bits per heavy atom. The number of ether oxygens (including phenoxy) is 1. The van der Waals surface area contributed by atoms with Crippen LogP contribution in [0, 0.1) is 18.3 Å². The number of benzene rings is 1. The van der Waals surface area contributed by atoms with Gasteiger partial charge in [-0.15, -0.1) is 4.80 Å². The maximum Gasteiger partial charge on any atom is 0.414 e. The van der Waals surface area contributed by atoms with Gasteiger partial charge in [-0.2, -0.15) is 15.2 Å². The molecule has 3 heterocycles. The lowest BCUT2D eigenvalue weighted by atomic mass is 10.1. The minimum absolute atomic E-state index is 0.0513. The van der Waals surface area contributed by atoms with Gasteiger partial charge in [0.25, 0.3) is 0 Å². The van der Waals surface area contributed by atoms with Crippen molar-refractivity contribution in [2.45, 2.75) is 6.10 Å². The number of amides is 1. The van der Waals surface area contributed by atoms with Crippen molar-refractivity contribution >= 4 is 17.7 Å². The molecule has 0 bridgehead atoms. The molecule has 0 saturated carbocycles. The van der Waals surface area contributed by atoms with Gasteiger partial charge in [-0.1, -0.05) is 6.42 Å². The van der Waals surface area contributed by atoms with E-state index in [4.69, 9.17) is 16.9 Å². The Morgan fingerprint density at radius 1 is 1.35 bits per heavy atom. The molecule has 1 aliphatic heterocycles. The van der Waals surface area contributed by atoms with Gasteiger partial charge in [0.2, 0.25) is 5.96 Å². The standard InChI is InChI=1S/C20H17FN8O2/c1-2-23-19(22)25-11-15-12-28(20(30)31-15)14-4-5-16(17(21)9-14)13-3-6-18(24-10-13)29-26-7-8-27-29/h1,3-10,15H,11-12H2,(H3,22,23,25)/t15-/m0/s1. The first-order chi connectivity index (χ1) is 15.0. The Kier molecular flexibility index (Phi) is 5.44. The first-order valence-electron chi connectivity index (χ1n) is 9.18. The van der Waals surface area contributed by atoms with Crippen LogP contribution in [0.5, 0.6) is 0 Å². The summed E-state index contributed by atoms with van der Waals surface area (Å²) in [5.41, 5.74) is 6.86. The van der Waals surface area contributed by atoms with Gasteiger partial charge in [-0.3, -0.25) is 4.90 Å². The van der Waals surface area contributed by atoms with E-state index in [9.17, 15) is 9.18 Å². The van der Waals surface area contributed by atoms with E-state index in [1.165, 1.54) is 34.4 Å². The zero-order valence-electron chi connectivity index (χ0n) is 16.1. The van der Waals surface area contributed by atoms with Crippen LogP contribution in [0.2, 0.25) is 0 Å². The van der Waals surface area contributed by atoms with Gasteiger partial charge >= 0.3 is 6.09 Å². The van der Waals surface area contributed by atoms with Crippen LogP contribution in [0.15, 0.2) is 53.9 Å². The van der Waals surface area contributed by atoms with Gasteiger partial charge in [0.05, 0.1) is 31.2 Å². The molecule has 10 nitrogen and oxygen atoms in total. The molecule has 0 unspecified atom stereocenters. The van der Waals surface area contributed by atoms with Crippen LogP contribution >= 0.6 is 0 Å². The maximum atomic E-state index is 14.8. The molecular weight excluding hydrogens is 403 g/mol. The first kappa shape index (κ1) is 19.8. The molecule has 0 aliphatic carbocycles. The zero-order valence-corrected chi connectivity index (χ0v) is 16.1. The second-order valence-electron chi connectivity index (χ2n) is 6.51. The highest BCUT2D eigenvalue weighted by Gasteiger charge is 2.32. The smallest absolute Gasteiger partial charge is 0.414 e. The SMILES string of the molecule is C#CN=C(N)NC[C@H]1CN(c2ccc(-c3ccc(-n4nccn4)nc3)c(F)c2)C(=O)O1. The van der Waals surface area contributed by atoms with E-state index in [0.717, 1.165) is 0 Å². The van der Waals surface area contributed by atoms with Gasteiger partial charge < -0.3 is 15.8 Å². The quantitative estimate of drug-likeness (QED) is 0.362. The summed E-state index contributed by atoms with van der Waals surface area (Å²) in [5, 5.41) is 10.8. The van der Waals surface area contributed by atoms with Gasteiger partial charge in [0, 0.05) is 23.4 Å². The minimum Gasteiger partial charge on any atom is -0.442 e. The van der Waals surface area contributed by atoms with Crippen molar-refractivity contribution in [1.82, 2.24) is 25.3 Å². The van der Waals surface area contributed by atoms with Gasteiger partial charge in [-0.25, -0.2) is 14.2 Å². The number of aliphatic imine (C=N–C) groups is 1. The molecule has 3 N–H and O–H groups in total. The highest BCUT2D eigenvalue weighted by Crippen LogP contribution is 2.29. The Labute approximate surface area is 176 Å². The lowest BCUT2D eigenvalue weighted by Gasteiger charge is -2.14. The topological polar surface area (TPSA) is 124 Å². The normalized spacial score (nSPS) is 16.1. The molecule has 1 aliphatic rings. The van der Waals surface area contributed by atoms with Crippen LogP contribution in [0.25, 0.3) is 16.9 Å². The van der Waals surface area contributed by atoms with Gasteiger partial charge in [0.1, 0.15) is 11.9 Å². The van der Waals surface area contributed by atoms with Crippen molar-refractivity contribution < 1.29 is 13.9 Å². The average molecular weight is 420 g/mol. The number of rotatable bonds is 5. The fraction of sp³-hybridized carbons (Fsp3) is 0.150. The largest absolute Gasteiger partial charge is 0.442 e. The molecular formula is C20H17FN8O2. The number of hydrogen-bond donors (Lipinski definition) is 2. The second-order valence-corrected chi connectivity index (χ2v) is 6.51. The van der Waals surface area contributed by atoms with Crippen LogP contribution in [-0.2, 0) is 4.74 Å². The highest BCUT2D eigenvalue weighted by molar-refractivity contribution is 5.90. The van der Waals surface area contributed by atoms with Crippen molar-refractivity contribution in [3.05, 3.63) is 54.7 Å². The van der Waals surface area contributed by atoms with Crippen molar-refractivity contribution in [2.75, 3.05) is 18.0 Å². The van der Waals surface area contributed by atoms with E-state index in [0.29, 0.717) is 22.6 Å². The number of anilines is 1. The van der Waals surface area contributed by atoms with Crippen LogP contribution < -0.4 is 16.0 Å². The number of aromatic nitrogens is 4. The van der Waals surface area contributed by atoms with Crippen LogP contribution in [0.3, 0.4) is 0 Å². The summed E-state index contributed by atoms with van der Waals surface area (Å²) in [6.45, 7) is 0.448. The molecule has 1 saturated heterocycles. The van der Waals surface area contributed by atoms with E-state index >= 15 is 0 Å². The number of carbonyl (C=O) groups excluding carboxylic acids is 1. The summed E-state index contributed by atoms with van der Waals surface area (Å²) in [5.74, 6) is 0.0672. The molecule has 1 atom stereocenters. The average Bonchev–Trinajstić information content (AvgIpc) is 3.43. The Balaban J connectivity index is 1.47. The van der Waals surface area contributed by atoms with Crippen molar-refractivity contribution in [3.8, 4) is 29.4 Å². The number of pyridine rings is 1. The van der Waals surface area contributed by atoms with E-state index in [1.54, 1.807) is 24.3 Å². The fourth-order valence-corrected chi connectivity index (χ4v) is 3.07. The van der Waals surface area contributed by atoms with Crippen molar-refractivity contribution in [3.63, 3.8) is 0 Å². The van der Waals surface area contributed by atoms with E-state index < -0.39 is 18.0 Å². The second kappa shape index (κ2) is 8.50. The Bertz CT molecular complexity index is 1150. The third kappa shape index (κ3) is 4.27. The number of nitrogens with zero attached hydrogens (tertiary/aromatic N) is 6. The zero-order chi connectivity index (χ0) is 21.8. The molecule has 31 heavy (non-hydrogen) atoms. The number of carbonyl (C=O) groups is 1. The Morgan fingerprint density at radius 3 is 2.84 bits per heavy atom. The molecule has 2 aromatic heterocycles. The molecule has 11 heteroatoms. The number of guanidine groups is 1. The van der Waals surface area contributed by atoms with Crippen molar-refractivity contribution in [1.29, 1.82) is 0 Å². The minimum atomic E-state index is -0.579. The number of terminal acetylenes is 1. The summed E-state index contributed by atoms with van der Waals surface area (Å²) in [4.78, 5) is 22.7. The summed E-state index contributed by atoms with van der Waals surface area (Å²) < 4.78 is 20.1. The molecule has 1 aromatic carbocycles. The molecule has 4 rings (SSSR count). The molecule has 0 radical (unpaired) electrons. The van der Waals surface area contributed by atoms with Gasteiger partial charge in [0.15, 0.2) is 5.82 Å². The van der Waals surface area contributed by atoms with Gasteiger partial charge in [-0.05, 0) is 30.3 Å². The summed E-state index contributed by atoms with van der Waals surface area (Å²) in [7, 11) is 0. The van der Waals surface area contributed by atoms with E-state index in [2.05, 4.69) is 31.5 Å². The fourth-order valence-electron chi connectivity index (χ4n) is 3.07. The lowest BCUT2D eigenvalue weighted by molar-refractivity contribution is 0.143. The van der Waals surface area contributed by atoms with Crippen LogP contribution in [0.1, 0.15) is 0 Å². The molecule has 156 valence electrons. The summed E-state index contributed by atoms with van der Waals surface area (Å²) in [6, 6.07) is 9.97. The van der Waals surface area contributed by atoms with Crippen molar-refractivity contribution in [2.24, 2.45) is 10.7 Å². The van der Waals surface area contributed by atoms with E-state index in [1.807, 2.05) is 0 Å². The summed E-state index contributed by atoms with van der Waals surface area (Å²) >= 11 is 0. The van der Waals surface area contributed by atoms with E-state index in [-0.39, 0.29) is 19.0 Å². The predicted molar refractivity (Wildman–Crippen MR) is 111 cm³/mol. The molecule has 0 spiro atoms. The lowest BCUT2D eigenvalue weighted by Crippen LogP contribution is -2.38. The number of cyclic esters (lactones) is 1. The van der Waals surface area contributed by atoms with Crippen LogP contribution in [-0.4, -0.2) is 51.2 Å².